The van der Waals surface area contributed by atoms with Crippen LogP contribution in [0.2, 0.25) is 0 Å². The maximum Gasteiger partial charge on any atom is 0.274 e. The maximum absolute atomic E-state index is 13.1. The van der Waals surface area contributed by atoms with Gasteiger partial charge in [0, 0.05) is 69.5 Å². The van der Waals surface area contributed by atoms with Crippen LogP contribution in [-0.2, 0) is 18.2 Å². The first-order chi connectivity index (χ1) is 17.4. The molecule has 2 N–H and O–H groups in total. The molecule has 3 aliphatic heterocycles. The molecule has 0 aliphatic carbocycles. The number of aryl methyl sites for hydroxylation is 1. The lowest BCUT2D eigenvalue weighted by molar-refractivity contribution is 0.0778. The van der Waals surface area contributed by atoms with Crippen LogP contribution in [0.4, 0.5) is 17.7 Å². The van der Waals surface area contributed by atoms with Gasteiger partial charge < -0.3 is 25.2 Å². The van der Waals surface area contributed by atoms with Crippen LogP contribution in [0.1, 0.15) is 29.4 Å². The van der Waals surface area contributed by atoms with Gasteiger partial charge in [-0.05, 0) is 25.8 Å². The average Bonchev–Trinajstić information content (AvgIpc) is 3.63. The Hall–Kier alpha value is -3.80. The number of nitrogen functional groups attached to an aromatic ring is 1. The number of nitrogens with zero attached hydrogens (tertiary/aromatic N) is 9. The summed E-state index contributed by atoms with van der Waals surface area (Å²) in [7, 11) is 1.82. The first kappa shape index (κ1) is 22.7. The second kappa shape index (κ2) is 8.70. The van der Waals surface area contributed by atoms with Crippen LogP contribution < -0.4 is 15.5 Å². The van der Waals surface area contributed by atoms with Crippen molar-refractivity contribution in [3.63, 3.8) is 0 Å². The van der Waals surface area contributed by atoms with Crippen molar-refractivity contribution in [2.75, 3.05) is 61.5 Å². The van der Waals surface area contributed by atoms with Crippen LogP contribution in [0.3, 0.4) is 0 Å². The minimum atomic E-state index is -0.249. The monoisotopic (exact) mass is 490 g/mol. The Labute approximate surface area is 209 Å². The van der Waals surface area contributed by atoms with E-state index in [9.17, 15) is 4.79 Å². The number of nitrogens with two attached hydrogens (primary N) is 1. The van der Waals surface area contributed by atoms with Gasteiger partial charge in [-0.15, -0.1) is 0 Å². The Morgan fingerprint density at radius 2 is 1.89 bits per heavy atom. The largest absolute Gasteiger partial charge is 0.378 e. The van der Waals surface area contributed by atoms with Crippen LogP contribution >= 0.6 is 0 Å². The number of hydrogen-bond acceptors (Lipinski definition) is 10. The topological polar surface area (TPSA) is 131 Å². The summed E-state index contributed by atoms with van der Waals surface area (Å²) >= 11 is 0. The van der Waals surface area contributed by atoms with Gasteiger partial charge in [0.2, 0.25) is 11.9 Å². The minimum absolute atomic E-state index is 0.0323. The number of rotatable bonds is 4. The second-order valence-electron chi connectivity index (χ2n) is 9.85. The van der Waals surface area contributed by atoms with E-state index in [2.05, 4.69) is 31.8 Å². The lowest BCUT2D eigenvalue weighted by atomic mass is 9.99. The van der Waals surface area contributed by atoms with Crippen LogP contribution in [0, 0.1) is 0 Å². The molecule has 0 aromatic carbocycles. The molecule has 12 heteroatoms. The molecule has 0 spiro atoms. The number of carbonyl (C=O) groups is 1. The van der Waals surface area contributed by atoms with Gasteiger partial charge in [0.25, 0.3) is 5.91 Å². The van der Waals surface area contributed by atoms with Crippen LogP contribution in [0.5, 0.6) is 0 Å². The number of fused-ring (bicyclic) bond motifs is 1. The van der Waals surface area contributed by atoms with E-state index in [4.69, 9.17) is 20.4 Å². The quantitative estimate of drug-likeness (QED) is 0.559. The van der Waals surface area contributed by atoms with Crippen molar-refractivity contribution in [1.82, 2.24) is 34.6 Å². The van der Waals surface area contributed by atoms with Crippen LogP contribution in [0.15, 0.2) is 24.7 Å². The summed E-state index contributed by atoms with van der Waals surface area (Å²) in [6.45, 7) is 7.08. The number of anilines is 3. The Morgan fingerprint density at radius 1 is 1.11 bits per heavy atom. The number of hydrogen-bond donors (Lipinski definition) is 1. The van der Waals surface area contributed by atoms with Gasteiger partial charge in [0.15, 0.2) is 0 Å². The van der Waals surface area contributed by atoms with Crippen molar-refractivity contribution < 1.29 is 9.53 Å². The van der Waals surface area contributed by atoms with Crippen molar-refractivity contribution in [3.8, 4) is 11.3 Å². The van der Waals surface area contributed by atoms with Crippen LogP contribution in [-0.4, -0.2) is 92.0 Å². The third-order valence-electron chi connectivity index (χ3n) is 7.38. The summed E-state index contributed by atoms with van der Waals surface area (Å²) in [4.78, 5) is 38.0. The molecule has 1 amide bonds. The molecule has 0 unspecified atom stereocenters. The molecular weight excluding hydrogens is 460 g/mol. The van der Waals surface area contributed by atoms with Crippen LogP contribution in [0.25, 0.3) is 11.3 Å². The molecule has 0 bridgehead atoms. The van der Waals surface area contributed by atoms with Gasteiger partial charge in [-0.3, -0.25) is 9.48 Å². The fourth-order valence-electron chi connectivity index (χ4n) is 5.40. The molecule has 1 atom stereocenters. The van der Waals surface area contributed by atoms with Crippen molar-refractivity contribution in [3.05, 3.63) is 35.9 Å². The van der Waals surface area contributed by atoms with Gasteiger partial charge >= 0.3 is 0 Å². The highest BCUT2D eigenvalue weighted by molar-refractivity contribution is 5.92. The molecule has 3 aromatic heterocycles. The molecule has 0 radical (unpaired) electrons. The Morgan fingerprint density at radius 3 is 2.61 bits per heavy atom. The fourth-order valence-corrected chi connectivity index (χ4v) is 5.40. The Balaban J connectivity index is 1.35. The SMILES string of the molecule is Cn1ccc(C(=O)N2CC[C@](C)(N3CCc4c(-c5cnc(N)nc5)nc(N5CCOCC5)nc43)C2)n1. The van der Waals surface area contributed by atoms with Gasteiger partial charge in [-0.2, -0.15) is 10.1 Å². The molecule has 36 heavy (non-hydrogen) atoms. The summed E-state index contributed by atoms with van der Waals surface area (Å²) in [5, 5.41) is 4.31. The summed E-state index contributed by atoms with van der Waals surface area (Å²) in [6.07, 6.45) is 6.90. The van der Waals surface area contributed by atoms with Crippen molar-refractivity contribution in [2.45, 2.75) is 25.3 Å². The molecule has 2 saturated heterocycles. The lowest BCUT2D eigenvalue weighted by Crippen LogP contribution is -2.49. The maximum atomic E-state index is 13.1. The number of amides is 1. The zero-order chi connectivity index (χ0) is 24.9. The van der Waals surface area contributed by atoms with Crippen molar-refractivity contribution in [2.24, 2.45) is 7.05 Å². The highest BCUT2D eigenvalue weighted by Crippen LogP contribution is 2.41. The van der Waals surface area contributed by atoms with E-state index in [0.717, 1.165) is 55.1 Å². The normalized spacial score (nSPS) is 21.8. The number of morpholine rings is 1. The summed E-state index contributed by atoms with van der Waals surface area (Å²) in [5.74, 6) is 1.80. The van der Waals surface area contributed by atoms with E-state index in [1.165, 1.54) is 0 Å². The molecule has 2 fully saturated rings. The molecule has 6 rings (SSSR count). The average molecular weight is 491 g/mol. The number of carbonyl (C=O) groups excluding carboxylic acids is 1. The summed E-state index contributed by atoms with van der Waals surface area (Å²) in [6, 6.07) is 1.77. The van der Waals surface area contributed by atoms with E-state index < -0.39 is 0 Å². The Kier molecular flexibility index (Phi) is 5.47. The van der Waals surface area contributed by atoms with E-state index in [1.807, 2.05) is 11.9 Å². The lowest BCUT2D eigenvalue weighted by Gasteiger charge is -2.37. The number of ether oxygens (including phenoxy) is 1. The molecule has 188 valence electrons. The predicted molar refractivity (Wildman–Crippen MR) is 134 cm³/mol. The predicted octanol–water partition coefficient (Wildman–Crippen LogP) is 0.753. The molecule has 12 nitrogen and oxygen atoms in total. The third kappa shape index (κ3) is 3.91. The van der Waals surface area contributed by atoms with E-state index >= 15 is 0 Å². The second-order valence-corrected chi connectivity index (χ2v) is 9.85. The molecular formula is C24H30N10O2. The highest BCUT2D eigenvalue weighted by Gasteiger charge is 2.45. The molecule has 6 heterocycles. The van der Waals surface area contributed by atoms with Gasteiger partial charge in [0.1, 0.15) is 11.5 Å². The van der Waals surface area contributed by atoms with Crippen molar-refractivity contribution in [1.29, 1.82) is 0 Å². The number of aromatic nitrogens is 6. The van der Waals surface area contributed by atoms with Gasteiger partial charge in [-0.25, -0.2) is 15.0 Å². The number of likely N-dealkylation sites (tertiary alicyclic amines) is 1. The first-order valence-corrected chi connectivity index (χ1v) is 12.3. The summed E-state index contributed by atoms with van der Waals surface area (Å²) in [5.41, 5.74) is 8.71. The first-order valence-electron chi connectivity index (χ1n) is 12.3. The summed E-state index contributed by atoms with van der Waals surface area (Å²) < 4.78 is 7.21. The van der Waals surface area contributed by atoms with Gasteiger partial charge in [0.05, 0.1) is 24.4 Å². The van der Waals surface area contributed by atoms with E-state index in [-0.39, 0.29) is 17.4 Å². The molecule has 0 saturated carbocycles. The zero-order valence-corrected chi connectivity index (χ0v) is 20.6. The van der Waals surface area contributed by atoms with Gasteiger partial charge in [-0.1, -0.05) is 0 Å². The molecule has 3 aliphatic rings. The smallest absolute Gasteiger partial charge is 0.274 e. The third-order valence-corrected chi connectivity index (χ3v) is 7.38. The standard InChI is InChI=1S/C24H30N10O2/c1-24(5-8-33(15-24)21(35)18-4-6-31(2)30-18)34-7-3-17-19(16-13-26-22(25)27-14-16)28-23(29-20(17)34)32-9-11-36-12-10-32/h4,6,13-14H,3,5,7-12,15H2,1-2H3,(H2,25,26,27)/t24-/m0/s1. The van der Waals surface area contributed by atoms with Crippen molar-refractivity contribution >= 4 is 23.6 Å². The highest BCUT2D eigenvalue weighted by atomic mass is 16.5. The fraction of sp³-hybridized carbons (Fsp3) is 0.500. The van der Waals surface area contributed by atoms with E-state index in [1.54, 1.807) is 29.3 Å². The minimum Gasteiger partial charge on any atom is -0.378 e. The molecule has 3 aromatic rings. The Bertz CT molecular complexity index is 1290. The zero-order valence-electron chi connectivity index (χ0n) is 20.6. The van der Waals surface area contributed by atoms with E-state index in [0.29, 0.717) is 37.9 Å².